The Morgan fingerprint density at radius 2 is 1.78 bits per heavy atom. The van der Waals surface area contributed by atoms with Crippen LogP contribution >= 0.6 is 11.6 Å². The largest absolute Gasteiger partial charge is 0.490 e. The predicted molar refractivity (Wildman–Crippen MR) is 136 cm³/mol. The summed E-state index contributed by atoms with van der Waals surface area (Å²) in [4.78, 5) is 34.7. The van der Waals surface area contributed by atoms with Gasteiger partial charge in [-0.05, 0) is 55.8 Å². The van der Waals surface area contributed by atoms with Gasteiger partial charge in [0.15, 0.2) is 18.1 Å². The third kappa shape index (κ3) is 7.28. The average molecular weight is 511 g/mol. The minimum atomic E-state index is -0.552. The molecule has 3 aromatic carbocycles. The number of carbonyl (C=O) groups is 2. The van der Waals surface area contributed by atoms with E-state index in [2.05, 4.69) is 15.8 Å². The maximum Gasteiger partial charge on any atom is 0.271 e. The number of hydrogen-bond acceptors (Lipinski definition) is 7. The summed E-state index contributed by atoms with van der Waals surface area (Å²) in [5.74, 6) is -0.408. The molecular formula is C25H23ClN4O6. The number of nitro groups is 1. The first-order valence-electron chi connectivity index (χ1n) is 10.8. The zero-order valence-electron chi connectivity index (χ0n) is 19.5. The van der Waals surface area contributed by atoms with Crippen molar-refractivity contribution in [1.82, 2.24) is 5.43 Å². The van der Waals surface area contributed by atoms with E-state index in [0.29, 0.717) is 23.6 Å². The van der Waals surface area contributed by atoms with Crippen LogP contribution in [0, 0.1) is 17.0 Å². The molecule has 0 aliphatic heterocycles. The SMILES string of the molecule is CCOc1cc(/C=N/NC(=O)c2ccc([N+](=O)[O-])cc2)cc(Cl)c1OCC(=O)Nc1ccc(C)cc1. The Labute approximate surface area is 212 Å². The summed E-state index contributed by atoms with van der Waals surface area (Å²) in [6, 6.07) is 15.6. The van der Waals surface area contributed by atoms with E-state index in [9.17, 15) is 19.7 Å². The molecule has 0 spiro atoms. The number of hydrogen-bond donors (Lipinski definition) is 2. The van der Waals surface area contributed by atoms with Gasteiger partial charge in [-0.1, -0.05) is 29.3 Å². The van der Waals surface area contributed by atoms with Crippen molar-refractivity contribution in [3.05, 3.63) is 92.5 Å². The summed E-state index contributed by atoms with van der Waals surface area (Å²) < 4.78 is 11.2. The molecule has 0 aliphatic rings. The van der Waals surface area contributed by atoms with Gasteiger partial charge >= 0.3 is 0 Å². The van der Waals surface area contributed by atoms with Crippen LogP contribution in [-0.4, -0.2) is 36.2 Å². The molecule has 2 N–H and O–H groups in total. The highest BCUT2D eigenvalue weighted by molar-refractivity contribution is 6.32. The maximum absolute atomic E-state index is 12.3. The first kappa shape index (κ1) is 26.2. The van der Waals surface area contributed by atoms with Crippen LogP contribution in [0.25, 0.3) is 0 Å². The molecule has 0 bridgehead atoms. The molecule has 11 heteroatoms. The second-order valence-corrected chi connectivity index (χ2v) is 7.88. The fourth-order valence-corrected chi connectivity index (χ4v) is 3.28. The van der Waals surface area contributed by atoms with Gasteiger partial charge in [0.2, 0.25) is 0 Å². The van der Waals surface area contributed by atoms with Gasteiger partial charge in [0, 0.05) is 23.4 Å². The minimum absolute atomic E-state index is 0.122. The highest BCUT2D eigenvalue weighted by atomic mass is 35.5. The number of non-ortho nitro benzene ring substituents is 1. The van der Waals surface area contributed by atoms with E-state index >= 15 is 0 Å². The van der Waals surface area contributed by atoms with Crippen LogP contribution < -0.4 is 20.2 Å². The number of nitro benzene ring substituents is 1. The summed E-state index contributed by atoms with van der Waals surface area (Å²) in [7, 11) is 0. The zero-order valence-corrected chi connectivity index (χ0v) is 20.2. The Kier molecular flexibility index (Phi) is 8.95. The minimum Gasteiger partial charge on any atom is -0.490 e. The van der Waals surface area contributed by atoms with E-state index in [0.717, 1.165) is 5.56 Å². The molecular weight excluding hydrogens is 488 g/mol. The molecule has 0 unspecified atom stereocenters. The van der Waals surface area contributed by atoms with Crippen molar-refractivity contribution in [3.63, 3.8) is 0 Å². The van der Waals surface area contributed by atoms with Crippen molar-refractivity contribution in [1.29, 1.82) is 0 Å². The van der Waals surface area contributed by atoms with Crippen LogP contribution in [0.1, 0.15) is 28.4 Å². The third-order valence-corrected chi connectivity index (χ3v) is 5.02. The number of carbonyl (C=O) groups excluding carboxylic acids is 2. The molecule has 10 nitrogen and oxygen atoms in total. The number of rotatable bonds is 10. The van der Waals surface area contributed by atoms with Crippen molar-refractivity contribution in [2.75, 3.05) is 18.5 Å². The standard InChI is InChI=1S/C25H23ClN4O6/c1-3-35-22-13-17(14-27-29-25(32)18-6-10-20(11-7-18)30(33)34)12-21(26)24(22)36-15-23(31)28-19-8-4-16(2)5-9-19/h4-14H,3,15H2,1-2H3,(H,28,31)(H,29,32)/b27-14+. The number of halogens is 1. The number of aryl methyl sites for hydroxylation is 1. The molecule has 0 aliphatic carbocycles. The molecule has 0 fully saturated rings. The maximum atomic E-state index is 12.3. The summed E-state index contributed by atoms with van der Waals surface area (Å²) in [5.41, 5.74) is 4.65. The monoisotopic (exact) mass is 510 g/mol. The van der Waals surface area contributed by atoms with Gasteiger partial charge < -0.3 is 14.8 Å². The Morgan fingerprint density at radius 1 is 1.08 bits per heavy atom. The Balaban J connectivity index is 1.64. The summed E-state index contributed by atoms with van der Waals surface area (Å²) in [6.45, 7) is 3.77. The smallest absolute Gasteiger partial charge is 0.271 e. The quantitative estimate of drug-likeness (QED) is 0.230. The number of anilines is 1. The van der Waals surface area contributed by atoms with Gasteiger partial charge in [-0.15, -0.1) is 0 Å². The van der Waals surface area contributed by atoms with Crippen molar-refractivity contribution in [2.24, 2.45) is 5.10 Å². The number of benzene rings is 3. The molecule has 0 saturated carbocycles. The van der Waals surface area contributed by atoms with E-state index in [4.69, 9.17) is 21.1 Å². The van der Waals surface area contributed by atoms with Crippen LogP contribution in [-0.2, 0) is 4.79 Å². The van der Waals surface area contributed by atoms with E-state index < -0.39 is 10.8 Å². The Bertz CT molecular complexity index is 1280. The lowest BCUT2D eigenvalue weighted by molar-refractivity contribution is -0.384. The van der Waals surface area contributed by atoms with Crippen molar-refractivity contribution < 1.29 is 24.0 Å². The average Bonchev–Trinajstić information content (AvgIpc) is 2.85. The highest BCUT2D eigenvalue weighted by Gasteiger charge is 2.15. The van der Waals surface area contributed by atoms with Gasteiger partial charge in [0.25, 0.3) is 17.5 Å². The first-order valence-corrected chi connectivity index (χ1v) is 11.2. The molecule has 36 heavy (non-hydrogen) atoms. The molecule has 3 aromatic rings. The lowest BCUT2D eigenvalue weighted by Gasteiger charge is -2.14. The molecule has 0 heterocycles. The third-order valence-electron chi connectivity index (χ3n) is 4.73. The highest BCUT2D eigenvalue weighted by Crippen LogP contribution is 2.36. The van der Waals surface area contributed by atoms with Crippen LogP contribution in [0.2, 0.25) is 5.02 Å². The molecule has 3 rings (SSSR count). The van der Waals surface area contributed by atoms with E-state index in [1.807, 2.05) is 19.1 Å². The molecule has 0 aromatic heterocycles. The molecule has 186 valence electrons. The number of amides is 2. The van der Waals surface area contributed by atoms with Crippen LogP contribution in [0.4, 0.5) is 11.4 Å². The van der Waals surface area contributed by atoms with E-state index in [1.165, 1.54) is 30.5 Å². The first-order chi connectivity index (χ1) is 17.3. The lowest BCUT2D eigenvalue weighted by atomic mass is 10.2. The number of nitrogens with zero attached hydrogens (tertiary/aromatic N) is 2. The Hall–Kier alpha value is -4.44. The topological polar surface area (TPSA) is 132 Å². The second kappa shape index (κ2) is 12.3. The molecule has 0 atom stereocenters. The van der Waals surface area contributed by atoms with Crippen molar-refractivity contribution in [2.45, 2.75) is 13.8 Å². The number of nitrogens with one attached hydrogen (secondary N) is 2. The van der Waals surface area contributed by atoms with Gasteiger partial charge in [-0.2, -0.15) is 5.10 Å². The number of hydrazone groups is 1. The van der Waals surface area contributed by atoms with Gasteiger partial charge in [0.1, 0.15) is 0 Å². The fraction of sp³-hybridized carbons (Fsp3) is 0.160. The van der Waals surface area contributed by atoms with E-state index in [-0.39, 0.29) is 34.5 Å². The molecule has 0 saturated heterocycles. The van der Waals surface area contributed by atoms with Crippen LogP contribution in [0.3, 0.4) is 0 Å². The van der Waals surface area contributed by atoms with Crippen molar-refractivity contribution >= 4 is 41.0 Å². The predicted octanol–water partition coefficient (Wildman–Crippen LogP) is 4.74. The van der Waals surface area contributed by atoms with Crippen LogP contribution in [0.15, 0.2) is 65.8 Å². The molecule has 0 radical (unpaired) electrons. The summed E-state index contributed by atoms with van der Waals surface area (Å²) >= 11 is 6.37. The normalized spacial score (nSPS) is 10.6. The summed E-state index contributed by atoms with van der Waals surface area (Å²) in [5, 5.41) is 17.6. The lowest BCUT2D eigenvalue weighted by Crippen LogP contribution is -2.20. The van der Waals surface area contributed by atoms with Gasteiger partial charge in [0.05, 0.1) is 22.8 Å². The zero-order chi connectivity index (χ0) is 26.1. The van der Waals surface area contributed by atoms with Gasteiger partial charge in [-0.3, -0.25) is 19.7 Å². The van der Waals surface area contributed by atoms with Gasteiger partial charge in [-0.25, -0.2) is 5.43 Å². The molecule has 2 amide bonds. The van der Waals surface area contributed by atoms with Crippen LogP contribution in [0.5, 0.6) is 11.5 Å². The summed E-state index contributed by atoms with van der Waals surface area (Å²) in [6.07, 6.45) is 1.35. The number of ether oxygens (including phenoxy) is 2. The van der Waals surface area contributed by atoms with Crippen molar-refractivity contribution in [3.8, 4) is 11.5 Å². The second-order valence-electron chi connectivity index (χ2n) is 7.47. The Morgan fingerprint density at radius 3 is 2.42 bits per heavy atom. The van der Waals surface area contributed by atoms with E-state index in [1.54, 1.807) is 31.2 Å². The fourth-order valence-electron chi connectivity index (χ4n) is 3.00.